The van der Waals surface area contributed by atoms with Gasteiger partial charge in [0.25, 0.3) is 0 Å². The number of halogens is 1. The van der Waals surface area contributed by atoms with Gasteiger partial charge < -0.3 is 21.3 Å². The molecule has 0 spiro atoms. The zero-order chi connectivity index (χ0) is 26.1. The SMILES string of the molecule is Cc1cc(CC(NC(=O)CN2CCCC(N3Cc4cccc(F)c4NC3=O)C2)C(N)=O)cc2cn[nH]c12. The van der Waals surface area contributed by atoms with Crippen LogP contribution in [0.5, 0.6) is 0 Å². The number of para-hydroxylation sites is 1. The zero-order valence-electron chi connectivity index (χ0n) is 20.6. The number of urea groups is 1. The number of aryl methyl sites for hydroxylation is 1. The van der Waals surface area contributed by atoms with E-state index in [9.17, 15) is 18.8 Å². The van der Waals surface area contributed by atoms with Crippen molar-refractivity contribution in [3.05, 3.63) is 59.0 Å². The van der Waals surface area contributed by atoms with E-state index < -0.39 is 17.8 Å². The van der Waals surface area contributed by atoms with Gasteiger partial charge in [-0.05, 0) is 55.1 Å². The lowest BCUT2D eigenvalue weighted by Gasteiger charge is -2.41. The number of primary amides is 1. The Bertz CT molecular complexity index is 1360. The number of fused-ring (bicyclic) bond motifs is 2. The normalized spacial score (nSPS) is 18.8. The van der Waals surface area contributed by atoms with Crippen molar-refractivity contribution in [3.63, 3.8) is 0 Å². The summed E-state index contributed by atoms with van der Waals surface area (Å²) in [5.41, 5.74) is 9.37. The minimum atomic E-state index is -0.851. The lowest BCUT2D eigenvalue weighted by Crippen LogP contribution is -2.55. The molecular formula is C26H30FN7O3. The molecule has 10 nitrogen and oxygen atoms in total. The Hall–Kier alpha value is -3.99. The molecular weight excluding hydrogens is 477 g/mol. The van der Waals surface area contributed by atoms with Crippen LogP contribution in [0, 0.1) is 12.7 Å². The van der Waals surface area contributed by atoms with E-state index >= 15 is 0 Å². The molecule has 2 aromatic carbocycles. The van der Waals surface area contributed by atoms with Gasteiger partial charge in [-0.3, -0.25) is 19.6 Å². The number of likely N-dealkylation sites (tertiary alicyclic amines) is 1. The number of piperidine rings is 1. The summed E-state index contributed by atoms with van der Waals surface area (Å²) < 4.78 is 14.1. The van der Waals surface area contributed by atoms with Crippen LogP contribution in [0.1, 0.15) is 29.5 Å². The van der Waals surface area contributed by atoms with Gasteiger partial charge in [-0.1, -0.05) is 18.2 Å². The van der Waals surface area contributed by atoms with Gasteiger partial charge in [0, 0.05) is 30.9 Å². The molecule has 0 bridgehead atoms. The van der Waals surface area contributed by atoms with E-state index in [2.05, 4.69) is 20.8 Å². The maximum atomic E-state index is 14.1. The van der Waals surface area contributed by atoms with Crippen LogP contribution in [-0.4, -0.2) is 69.6 Å². The van der Waals surface area contributed by atoms with Gasteiger partial charge in [-0.2, -0.15) is 5.10 Å². The first-order valence-electron chi connectivity index (χ1n) is 12.4. The molecule has 194 valence electrons. The summed E-state index contributed by atoms with van der Waals surface area (Å²) in [6.07, 6.45) is 3.58. The Labute approximate surface area is 213 Å². The Morgan fingerprint density at radius 2 is 2.16 bits per heavy atom. The van der Waals surface area contributed by atoms with E-state index in [4.69, 9.17) is 5.73 Å². The van der Waals surface area contributed by atoms with E-state index in [0.717, 1.165) is 40.4 Å². The quantitative estimate of drug-likeness (QED) is 0.388. The standard InChI is InChI=1S/C26H30FN7O3/c1-15-8-16(9-18-11-29-32-23(15)18)10-21(25(28)36)30-22(35)14-33-7-3-5-19(13-33)34-12-17-4-2-6-20(27)24(17)31-26(34)37/h2,4,6,8-9,11,19,21H,3,5,7,10,12-14H2,1H3,(H2,28,36)(H,29,32)(H,30,35)(H,31,37). The molecule has 5 rings (SSSR count). The summed E-state index contributed by atoms with van der Waals surface area (Å²) in [4.78, 5) is 41.4. The minimum Gasteiger partial charge on any atom is -0.368 e. The Balaban J connectivity index is 1.20. The second kappa shape index (κ2) is 10.2. The number of rotatable bonds is 7. The van der Waals surface area contributed by atoms with E-state index in [1.54, 1.807) is 23.2 Å². The number of nitrogens with one attached hydrogen (secondary N) is 3. The summed E-state index contributed by atoms with van der Waals surface area (Å²) in [5.74, 6) is -1.36. The number of anilines is 1. The molecule has 1 aromatic heterocycles. The number of carbonyl (C=O) groups excluding carboxylic acids is 3. The number of nitrogens with zero attached hydrogens (tertiary/aromatic N) is 3. The lowest BCUT2D eigenvalue weighted by atomic mass is 10.0. The Morgan fingerprint density at radius 1 is 1.32 bits per heavy atom. The number of H-pyrrole nitrogens is 1. The molecule has 3 heterocycles. The highest BCUT2D eigenvalue weighted by Gasteiger charge is 2.33. The monoisotopic (exact) mass is 507 g/mol. The molecule has 5 N–H and O–H groups in total. The summed E-state index contributed by atoms with van der Waals surface area (Å²) in [6, 6.07) is 7.33. The number of aromatic nitrogens is 2. The van der Waals surface area contributed by atoms with Crippen molar-refractivity contribution in [1.29, 1.82) is 0 Å². The van der Waals surface area contributed by atoms with Gasteiger partial charge in [-0.25, -0.2) is 9.18 Å². The van der Waals surface area contributed by atoms with Crippen LogP contribution in [0.4, 0.5) is 14.9 Å². The molecule has 37 heavy (non-hydrogen) atoms. The van der Waals surface area contributed by atoms with Gasteiger partial charge in [0.15, 0.2) is 0 Å². The van der Waals surface area contributed by atoms with Crippen LogP contribution < -0.4 is 16.4 Å². The number of aromatic amines is 1. The molecule has 1 saturated heterocycles. The number of nitrogens with two attached hydrogens (primary N) is 1. The van der Waals surface area contributed by atoms with Crippen LogP contribution in [0.15, 0.2) is 36.5 Å². The van der Waals surface area contributed by atoms with Crippen LogP contribution in [0.2, 0.25) is 0 Å². The lowest BCUT2D eigenvalue weighted by molar-refractivity contribution is -0.128. The van der Waals surface area contributed by atoms with Crippen molar-refractivity contribution in [2.24, 2.45) is 5.73 Å². The fraction of sp³-hybridized carbons (Fsp3) is 0.385. The first-order chi connectivity index (χ1) is 17.8. The van der Waals surface area contributed by atoms with Crippen LogP contribution in [0.3, 0.4) is 0 Å². The number of hydrogen-bond acceptors (Lipinski definition) is 5. The van der Waals surface area contributed by atoms with Crippen LogP contribution in [-0.2, 0) is 22.6 Å². The zero-order valence-corrected chi connectivity index (χ0v) is 20.6. The number of benzene rings is 2. The molecule has 4 amide bonds. The molecule has 2 aliphatic rings. The summed E-state index contributed by atoms with van der Waals surface area (Å²) in [5, 5.41) is 13.4. The smallest absolute Gasteiger partial charge is 0.322 e. The van der Waals surface area contributed by atoms with Crippen molar-refractivity contribution >= 4 is 34.4 Å². The largest absolute Gasteiger partial charge is 0.368 e. The third-order valence-corrected chi connectivity index (χ3v) is 7.15. The first kappa shape index (κ1) is 24.7. The summed E-state index contributed by atoms with van der Waals surface area (Å²) >= 11 is 0. The van der Waals surface area contributed by atoms with Gasteiger partial charge >= 0.3 is 6.03 Å². The molecule has 0 radical (unpaired) electrons. The predicted octanol–water partition coefficient (Wildman–Crippen LogP) is 2.04. The second-order valence-electron chi connectivity index (χ2n) is 9.84. The molecule has 2 unspecified atom stereocenters. The molecule has 11 heteroatoms. The average Bonchev–Trinajstić information content (AvgIpc) is 3.33. The van der Waals surface area contributed by atoms with Crippen molar-refractivity contribution in [2.45, 2.75) is 44.8 Å². The van der Waals surface area contributed by atoms with E-state index in [-0.39, 0.29) is 36.6 Å². The fourth-order valence-corrected chi connectivity index (χ4v) is 5.33. The van der Waals surface area contributed by atoms with E-state index in [1.165, 1.54) is 6.07 Å². The number of amides is 4. The summed E-state index contributed by atoms with van der Waals surface area (Å²) in [6.45, 7) is 3.55. The molecule has 1 fully saturated rings. The third-order valence-electron chi connectivity index (χ3n) is 7.15. The third kappa shape index (κ3) is 5.26. The first-order valence-corrected chi connectivity index (χ1v) is 12.4. The van der Waals surface area contributed by atoms with Gasteiger partial charge in [0.2, 0.25) is 11.8 Å². The minimum absolute atomic E-state index is 0.0841. The highest BCUT2D eigenvalue weighted by molar-refractivity contribution is 5.93. The number of carbonyl (C=O) groups is 3. The maximum absolute atomic E-state index is 14.1. The summed E-state index contributed by atoms with van der Waals surface area (Å²) in [7, 11) is 0. The highest BCUT2D eigenvalue weighted by atomic mass is 19.1. The van der Waals surface area contributed by atoms with Crippen LogP contribution in [0.25, 0.3) is 10.9 Å². The number of hydrogen-bond donors (Lipinski definition) is 4. The van der Waals surface area contributed by atoms with Crippen molar-refractivity contribution in [1.82, 2.24) is 25.3 Å². The van der Waals surface area contributed by atoms with E-state index in [1.807, 2.05) is 24.0 Å². The highest BCUT2D eigenvalue weighted by Crippen LogP contribution is 2.29. The van der Waals surface area contributed by atoms with Crippen molar-refractivity contribution in [2.75, 3.05) is 25.0 Å². The molecule has 0 saturated carbocycles. The van der Waals surface area contributed by atoms with E-state index in [0.29, 0.717) is 19.6 Å². The topological polar surface area (TPSA) is 136 Å². The maximum Gasteiger partial charge on any atom is 0.322 e. The van der Waals surface area contributed by atoms with Gasteiger partial charge in [0.1, 0.15) is 11.9 Å². The second-order valence-corrected chi connectivity index (χ2v) is 9.84. The van der Waals surface area contributed by atoms with Crippen LogP contribution >= 0.6 is 0 Å². The van der Waals surface area contributed by atoms with Crippen molar-refractivity contribution < 1.29 is 18.8 Å². The van der Waals surface area contributed by atoms with Gasteiger partial charge in [0.05, 0.1) is 23.9 Å². The van der Waals surface area contributed by atoms with Gasteiger partial charge in [-0.15, -0.1) is 0 Å². The molecule has 2 atom stereocenters. The predicted molar refractivity (Wildman–Crippen MR) is 136 cm³/mol. The Morgan fingerprint density at radius 3 is 2.97 bits per heavy atom. The molecule has 0 aliphatic carbocycles. The molecule has 2 aliphatic heterocycles. The van der Waals surface area contributed by atoms with Crippen molar-refractivity contribution in [3.8, 4) is 0 Å². The fourth-order valence-electron chi connectivity index (χ4n) is 5.33. The average molecular weight is 508 g/mol. The molecule has 3 aromatic rings. The Kier molecular flexibility index (Phi) is 6.79.